The van der Waals surface area contributed by atoms with E-state index in [9.17, 15) is 5.26 Å². The highest BCUT2D eigenvalue weighted by molar-refractivity contribution is 7.08. The molecule has 1 aromatic carbocycles. The molecular weight excluding hydrogens is 358 g/mol. The van der Waals surface area contributed by atoms with Crippen LogP contribution in [-0.4, -0.2) is 24.7 Å². The number of hydrogen-bond donors (Lipinski definition) is 1. The largest absolute Gasteiger partial charge is 0.324 e. The summed E-state index contributed by atoms with van der Waals surface area (Å²) in [5.41, 5.74) is 4.12. The van der Waals surface area contributed by atoms with Crippen LogP contribution in [0, 0.1) is 11.3 Å². The third-order valence-corrected chi connectivity index (χ3v) is 4.69. The Bertz CT molecular complexity index is 1050. The molecule has 0 aliphatic rings. The molecule has 1 N–H and O–H groups in total. The van der Waals surface area contributed by atoms with E-state index in [2.05, 4.69) is 43.6 Å². The lowest BCUT2D eigenvalue weighted by Crippen LogP contribution is -2.02. The average Bonchev–Trinajstić information content (AvgIpc) is 3.41. The van der Waals surface area contributed by atoms with Gasteiger partial charge in [0.15, 0.2) is 0 Å². The lowest BCUT2D eigenvalue weighted by molar-refractivity contribution is 0.613. The Kier molecular flexibility index (Phi) is 4.85. The van der Waals surface area contributed by atoms with Crippen molar-refractivity contribution in [1.29, 1.82) is 5.26 Å². The summed E-state index contributed by atoms with van der Waals surface area (Å²) >= 11 is 1.57. The van der Waals surface area contributed by atoms with Gasteiger partial charge in [-0.15, -0.1) is 0 Å². The first-order chi connectivity index (χ1) is 13.3. The lowest BCUT2D eigenvalue weighted by Gasteiger charge is -2.08. The molecule has 0 radical (unpaired) electrons. The highest BCUT2D eigenvalue weighted by Crippen LogP contribution is 2.25. The quantitative estimate of drug-likeness (QED) is 0.554. The minimum Gasteiger partial charge on any atom is -0.324 e. The Balaban J connectivity index is 1.47. The van der Waals surface area contributed by atoms with Crippen LogP contribution in [0.3, 0.4) is 0 Å². The first-order valence-corrected chi connectivity index (χ1v) is 9.24. The van der Waals surface area contributed by atoms with Crippen molar-refractivity contribution in [3.8, 4) is 17.3 Å². The topological polar surface area (TPSA) is 92.3 Å². The summed E-state index contributed by atoms with van der Waals surface area (Å²) in [6.45, 7) is 0.787. The molecule has 0 saturated heterocycles. The van der Waals surface area contributed by atoms with Gasteiger partial charge in [0.2, 0.25) is 5.95 Å². The fourth-order valence-electron chi connectivity index (χ4n) is 2.62. The molecule has 0 aliphatic carbocycles. The SMILES string of the molecule is N#Cc1cnc(Nc2ccc(CCn3cncn3)cc2)nc1-c1ccsc1. The van der Waals surface area contributed by atoms with Gasteiger partial charge in [-0.05, 0) is 35.6 Å². The maximum absolute atomic E-state index is 9.29. The summed E-state index contributed by atoms with van der Waals surface area (Å²) in [4.78, 5) is 12.7. The molecule has 0 spiro atoms. The van der Waals surface area contributed by atoms with E-state index in [1.807, 2.05) is 33.6 Å². The highest BCUT2D eigenvalue weighted by Gasteiger charge is 2.10. The van der Waals surface area contributed by atoms with Gasteiger partial charge in [-0.2, -0.15) is 21.7 Å². The van der Waals surface area contributed by atoms with Gasteiger partial charge >= 0.3 is 0 Å². The number of nitrogens with one attached hydrogen (secondary N) is 1. The van der Waals surface area contributed by atoms with Crippen LogP contribution in [0.15, 0.2) is 59.9 Å². The fourth-order valence-corrected chi connectivity index (χ4v) is 3.26. The molecule has 3 aromatic heterocycles. The molecule has 0 bridgehead atoms. The van der Waals surface area contributed by atoms with Crippen molar-refractivity contribution >= 4 is 23.0 Å². The van der Waals surface area contributed by atoms with Gasteiger partial charge in [0.25, 0.3) is 0 Å². The van der Waals surface area contributed by atoms with Crippen molar-refractivity contribution in [1.82, 2.24) is 24.7 Å². The first-order valence-electron chi connectivity index (χ1n) is 8.30. The molecule has 4 aromatic rings. The first kappa shape index (κ1) is 16.9. The van der Waals surface area contributed by atoms with Crippen molar-refractivity contribution in [2.45, 2.75) is 13.0 Å². The maximum atomic E-state index is 9.29. The number of aromatic nitrogens is 5. The van der Waals surface area contributed by atoms with E-state index in [4.69, 9.17) is 0 Å². The summed E-state index contributed by atoms with van der Waals surface area (Å²) < 4.78 is 1.81. The number of hydrogen-bond acceptors (Lipinski definition) is 7. The number of rotatable bonds is 6. The van der Waals surface area contributed by atoms with Crippen molar-refractivity contribution < 1.29 is 0 Å². The van der Waals surface area contributed by atoms with Gasteiger partial charge in [-0.25, -0.2) is 15.0 Å². The highest BCUT2D eigenvalue weighted by atomic mass is 32.1. The molecule has 132 valence electrons. The van der Waals surface area contributed by atoms with Crippen molar-refractivity contribution in [3.05, 3.63) is 71.1 Å². The molecule has 0 aliphatic heterocycles. The van der Waals surface area contributed by atoms with Crippen LogP contribution < -0.4 is 5.32 Å². The maximum Gasteiger partial charge on any atom is 0.227 e. The van der Waals surface area contributed by atoms with E-state index < -0.39 is 0 Å². The third kappa shape index (κ3) is 3.99. The molecule has 27 heavy (non-hydrogen) atoms. The molecule has 0 amide bonds. The summed E-state index contributed by atoms with van der Waals surface area (Å²) in [6.07, 6.45) is 5.67. The van der Waals surface area contributed by atoms with Crippen LogP contribution in [0.2, 0.25) is 0 Å². The van der Waals surface area contributed by atoms with Gasteiger partial charge in [-0.3, -0.25) is 4.68 Å². The summed E-state index contributed by atoms with van der Waals surface area (Å²) in [5, 5.41) is 20.5. The Hall–Kier alpha value is -3.57. The lowest BCUT2D eigenvalue weighted by atomic mass is 10.1. The van der Waals surface area contributed by atoms with E-state index >= 15 is 0 Å². The zero-order valence-electron chi connectivity index (χ0n) is 14.3. The molecule has 0 unspecified atom stereocenters. The number of anilines is 2. The van der Waals surface area contributed by atoms with E-state index in [1.165, 1.54) is 11.9 Å². The van der Waals surface area contributed by atoms with Crippen LogP contribution in [0.1, 0.15) is 11.1 Å². The summed E-state index contributed by atoms with van der Waals surface area (Å²) in [7, 11) is 0. The molecule has 3 heterocycles. The molecule has 7 nitrogen and oxygen atoms in total. The van der Waals surface area contributed by atoms with Crippen LogP contribution in [0.5, 0.6) is 0 Å². The zero-order chi connectivity index (χ0) is 18.5. The van der Waals surface area contributed by atoms with E-state index in [0.717, 1.165) is 24.2 Å². The predicted molar refractivity (Wildman–Crippen MR) is 104 cm³/mol. The number of nitrogens with zero attached hydrogens (tertiary/aromatic N) is 6. The number of thiophene rings is 1. The second kappa shape index (κ2) is 7.76. The average molecular weight is 373 g/mol. The summed E-state index contributed by atoms with van der Waals surface area (Å²) in [5.74, 6) is 0.463. The van der Waals surface area contributed by atoms with Crippen LogP contribution in [-0.2, 0) is 13.0 Å². The molecule has 8 heteroatoms. The number of nitriles is 1. The van der Waals surface area contributed by atoms with E-state index in [-0.39, 0.29) is 0 Å². The van der Waals surface area contributed by atoms with Crippen molar-refractivity contribution in [2.75, 3.05) is 5.32 Å². The Morgan fingerprint density at radius 1 is 1.19 bits per heavy atom. The van der Waals surface area contributed by atoms with Gasteiger partial charge in [0.05, 0.1) is 17.5 Å². The normalized spacial score (nSPS) is 10.5. The molecule has 0 atom stereocenters. The standard InChI is InChI=1S/C19H15N7S/c20-9-16-10-22-19(25-18(16)15-6-8-27-11-15)24-17-3-1-14(2-4-17)5-7-26-13-21-12-23-26/h1-4,6,8,10-13H,5,7H2,(H,22,24,25). The van der Waals surface area contributed by atoms with Crippen LogP contribution >= 0.6 is 11.3 Å². The van der Waals surface area contributed by atoms with E-state index in [0.29, 0.717) is 17.2 Å². The zero-order valence-corrected chi connectivity index (χ0v) is 15.1. The monoisotopic (exact) mass is 373 g/mol. The van der Waals surface area contributed by atoms with Crippen molar-refractivity contribution in [2.24, 2.45) is 0 Å². The molecular formula is C19H15N7S. The Morgan fingerprint density at radius 3 is 2.78 bits per heavy atom. The molecule has 0 fully saturated rings. The Labute approximate surface area is 160 Å². The van der Waals surface area contributed by atoms with Crippen LogP contribution in [0.4, 0.5) is 11.6 Å². The van der Waals surface area contributed by atoms with E-state index in [1.54, 1.807) is 23.9 Å². The van der Waals surface area contributed by atoms with Crippen LogP contribution in [0.25, 0.3) is 11.3 Å². The molecule has 0 saturated carbocycles. The smallest absolute Gasteiger partial charge is 0.227 e. The van der Waals surface area contributed by atoms with Gasteiger partial charge in [0.1, 0.15) is 18.7 Å². The van der Waals surface area contributed by atoms with Gasteiger partial charge in [-0.1, -0.05) is 12.1 Å². The predicted octanol–water partition coefficient (Wildman–Crippen LogP) is 3.65. The minimum absolute atomic E-state index is 0.461. The minimum atomic E-state index is 0.461. The number of aryl methyl sites for hydroxylation is 2. The van der Waals surface area contributed by atoms with Crippen molar-refractivity contribution in [3.63, 3.8) is 0 Å². The second-order valence-corrected chi connectivity index (χ2v) is 6.59. The summed E-state index contributed by atoms with van der Waals surface area (Å²) in [6, 6.07) is 12.2. The Morgan fingerprint density at radius 2 is 2.07 bits per heavy atom. The molecule has 4 rings (SSSR count). The number of benzene rings is 1. The van der Waals surface area contributed by atoms with Gasteiger partial charge in [0, 0.05) is 23.2 Å². The third-order valence-electron chi connectivity index (χ3n) is 4.01. The second-order valence-electron chi connectivity index (χ2n) is 5.81. The van der Waals surface area contributed by atoms with Gasteiger partial charge < -0.3 is 5.32 Å². The fraction of sp³-hybridized carbons (Fsp3) is 0.105.